The van der Waals surface area contributed by atoms with Gasteiger partial charge in [-0.15, -0.1) is 0 Å². The van der Waals surface area contributed by atoms with Crippen molar-refractivity contribution in [2.75, 3.05) is 20.2 Å². The molecule has 1 aliphatic rings. The maximum atomic E-state index is 10.5. The molecule has 5 heteroatoms. The molecule has 0 unspecified atom stereocenters. The molecule has 0 amide bonds. The number of rotatable bonds is 5. The summed E-state index contributed by atoms with van der Waals surface area (Å²) in [5, 5.41) is 15.7. The van der Waals surface area contributed by atoms with Crippen molar-refractivity contribution in [3.63, 3.8) is 0 Å². The first kappa shape index (κ1) is 17.9. The normalized spacial score (nSPS) is 15.7. The molecule has 27 heavy (non-hydrogen) atoms. The molecule has 1 aliphatic heterocycles. The van der Waals surface area contributed by atoms with Crippen molar-refractivity contribution in [1.82, 2.24) is 10.1 Å². The van der Waals surface area contributed by atoms with E-state index in [9.17, 15) is 5.11 Å². The molecule has 0 atom stereocenters. The van der Waals surface area contributed by atoms with Crippen molar-refractivity contribution in [2.45, 2.75) is 38.6 Å². The van der Waals surface area contributed by atoms with Gasteiger partial charge in [0.25, 0.3) is 0 Å². The Labute approximate surface area is 159 Å². The molecular weight excluding hydrogens is 340 g/mol. The van der Waals surface area contributed by atoms with Crippen molar-refractivity contribution < 1.29 is 14.4 Å². The van der Waals surface area contributed by atoms with E-state index in [-0.39, 0.29) is 5.75 Å². The highest BCUT2D eigenvalue weighted by molar-refractivity contribution is 5.84. The lowest BCUT2D eigenvalue weighted by atomic mass is 10.0. The van der Waals surface area contributed by atoms with Crippen LogP contribution >= 0.6 is 0 Å². The standard InChI is InChI=1S/C22H26N2O3/c1-26-21-9-5-4-8-16(21)14-19-17-10-11-20(25)18(22(17)27-23-19)15-24-12-6-2-3-7-13-24/h4-5,8-11,25H,2-3,6-7,12-15H2,1H3. The number of phenolic OH excluding ortho intramolecular Hbond substituents is 1. The molecule has 5 nitrogen and oxygen atoms in total. The van der Waals surface area contributed by atoms with E-state index in [0.717, 1.165) is 41.0 Å². The summed E-state index contributed by atoms with van der Waals surface area (Å²) in [6, 6.07) is 11.6. The molecule has 0 aliphatic carbocycles. The number of aromatic hydroxyl groups is 1. The lowest BCUT2D eigenvalue weighted by Crippen LogP contribution is -2.24. The molecule has 0 bridgehead atoms. The maximum Gasteiger partial charge on any atom is 0.175 e. The van der Waals surface area contributed by atoms with Gasteiger partial charge < -0.3 is 14.4 Å². The topological polar surface area (TPSA) is 58.7 Å². The van der Waals surface area contributed by atoms with E-state index in [1.54, 1.807) is 13.2 Å². The number of benzene rings is 2. The predicted octanol–water partition coefficient (Wildman–Crippen LogP) is 4.51. The van der Waals surface area contributed by atoms with Crippen LogP contribution in [0.25, 0.3) is 11.0 Å². The van der Waals surface area contributed by atoms with Crippen LogP contribution in [0.2, 0.25) is 0 Å². The number of likely N-dealkylation sites (tertiary alicyclic amines) is 1. The van der Waals surface area contributed by atoms with E-state index in [2.05, 4.69) is 10.1 Å². The molecule has 1 aromatic heterocycles. The summed E-state index contributed by atoms with van der Waals surface area (Å²) in [7, 11) is 1.68. The van der Waals surface area contributed by atoms with Crippen LogP contribution in [0.3, 0.4) is 0 Å². The van der Waals surface area contributed by atoms with Gasteiger partial charge in [-0.05, 0) is 44.1 Å². The molecule has 0 radical (unpaired) electrons. The van der Waals surface area contributed by atoms with Crippen LogP contribution in [0, 0.1) is 0 Å². The summed E-state index contributed by atoms with van der Waals surface area (Å²) in [5.41, 5.74) is 3.47. The average molecular weight is 366 g/mol. The van der Waals surface area contributed by atoms with Gasteiger partial charge in [0.15, 0.2) is 5.58 Å². The molecule has 1 fully saturated rings. The first-order chi connectivity index (χ1) is 13.3. The van der Waals surface area contributed by atoms with E-state index in [0.29, 0.717) is 18.5 Å². The van der Waals surface area contributed by atoms with E-state index >= 15 is 0 Å². The molecule has 3 aromatic rings. The Morgan fingerprint density at radius 2 is 1.85 bits per heavy atom. The van der Waals surface area contributed by atoms with Crippen LogP contribution in [-0.2, 0) is 13.0 Å². The molecule has 4 rings (SSSR count). The van der Waals surface area contributed by atoms with Gasteiger partial charge in [-0.1, -0.05) is 36.2 Å². The number of nitrogens with zero attached hydrogens (tertiary/aromatic N) is 2. The fourth-order valence-electron chi connectivity index (χ4n) is 3.93. The van der Waals surface area contributed by atoms with E-state index < -0.39 is 0 Å². The van der Waals surface area contributed by atoms with Crippen LogP contribution in [0.5, 0.6) is 11.5 Å². The highest BCUT2D eigenvalue weighted by Crippen LogP contribution is 2.32. The summed E-state index contributed by atoms with van der Waals surface area (Å²) < 4.78 is 11.2. The van der Waals surface area contributed by atoms with Crippen molar-refractivity contribution in [3.05, 3.63) is 53.2 Å². The summed E-state index contributed by atoms with van der Waals surface area (Å²) >= 11 is 0. The highest BCUT2D eigenvalue weighted by atomic mass is 16.5. The number of phenols is 1. The van der Waals surface area contributed by atoms with Gasteiger partial charge in [0.2, 0.25) is 0 Å². The molecule has 1 saturated heterocycles. The quantitative estimate of drug-likeness (QED) is 0.720. The summed E-state index contributed by atoms with van der Waals surface area (Å²) in [4.78, 5) is 2.41. The Hall–Kier alpha value is -2.53. The number of ether oxygens (including phenoxy) is 1. The van der Waals surface area contributed by atoms with Gasteiger partial charge >= 0.3 is 0 Å². The first-order valence-electron chi connectivity index (χ1n) is 9.69. The monoisotopic (exact) mass is 366 g/mol. The Bertz CT molecular complexity index is 911. The fourth-order valence-corrected chi connectivity index (χ4v) is 3.93. The zero-order valence-corrected chi connectivity index (χ0v) is 15.8. The van der Waals surface area contributed by atoms with Crippen molar-refractivity contribution in [2.24, 2.45) is 0 Å². The van der Waals surface area contributed by atoms with E-state index in [4.69, 9.17) is 9.26 Å². The minimum absolute atomic E-state index is 0.284. The lowest BCUT2D eigenvalue weighted by Gasteiger charge is -2.20. The van der Waals surface area contributed by atoms with Crippen LogP contribution in [0.15, 0.2) is 40.9 Å². The number of para-hydroxylation sites is 1. The van der Waals surface area contributed by atoms with Crippen LogP contribution in [0.1, 0.15) is 42.5 Å². The van der Waals surface area contributed by atoms with Crippen molar-refractivity contribution >= 4 is 11.0 Å². The van der Waals surface area contributed by atoms with E-state index in [1.165, 1.54) is 25.7 Å². The fraction of sp³-hybridized carbons (Fsp3) is 0.409. The third-order valence-corrected chi connectivity index (χ3v) is 5.42. The molecule has 2 aromatic carbocycles. The Balaban J connectivity index is 1.65. The first-order valence-corrected chi connectivity index (χ1v) is 9.69. The number of aromatic nitrogens is 1. The summed E-state index contributed by atoms with van der Waals surface area (Å²) in [6.45, 7) is 2.84. The van der Waals surface area contributed by atoms with Gasteiger partial charge in [0, 0.05) is 23.9 Å². The van der Waals surface area contributed by atoms with Gasteiger partial charge in [0.1, 0.15) is 11.5 Å². The smallest absolute Gasteiger partial charge is 0.175 e. The van der Waals surface area contributed by atoms with Crippen molar-refractivity contribution in [1.29, 1.82) is 0 Å². The van der Waals surface area contributed by atoms with Crippen LogP contribution in [0.4, 0.5) is 0 Å². The highest BCUT2D eigenvalue weighted by Gasteiger charge is 2.19. The Kier molecular flexibility index (Phi) is 5.30. The summed E-state index contributed by atoms with van der Waals surface area (Å²) in [6.07, 6.45) is 5.64. The number of fused-ring (bicyclic) bond motifs is 1. The summed E-state index contributed by atoms with van der Waals surface area (Å²) in [5.74, 6) is 1.13. The third-order valence-electron chi connectivity index (χ3n) is 5.42. The van der Waals surface area contributed by atoms with E-state index in [1.807, 2.05) is 30.3 Å². The second-order valence-corrected chi connectivity index (χ2v) is 7.25. The maximum absolute atomic E-state index is 10.5. The van der Waals surface area contributed by atoms with Gasteiger partial charge in [-0.3, -0.25) is 4.90 Å². The second-order valence-electron chi connectivity index (χ2n) is 7.25. The number of hydrogen-bond acceptors (Lipinski definition) is 5. The Morgan fingerprint density at radius 3 is 2.63 bits per heavy atom. The van der Waals surface area contributed by atoms with Gasteiger partial charge in [0.05, 0.1) is 18.4 Å². The number of hydrogen-bond donors (Lipinski definition) is 1. The van der Waals surface area contributed by atoms with Gasteiger partial charge in [-0.25, -0.2) is 0 Å². The molecule has 0 spiro atoms. The molecule has 1 N–H and O–H groups in total. The average Bonchev–Trinajstić information content (AvgIpc) is 2.91. The minimum atomic E-state index is 0.284. The zero-order chi connectivity index (χ0) is 18.6. The Morgan fingerprint density at radius 1 is 1.07 bits per heavy atom. The van der Waals surface area contributed by atoms with Crippen molar-refractivity contribution in [3.8, 4) is 11.5 Å². The predicted molar refractivity (Wildman–Crippen MR) is 105 cm³/mol. The minimum Gasteiger partial charge on any atom is -0.507 e. The van der Waals surface area contributed by atoms with Crippen LogP contribution in [-0.4, -0.2) is 35.4 Å². The molecule has 2 heterocycles. The molecular formula is C22H26N2O3. The lowest BCUT2D eigenvalue weighted by molar-refractivity contribution is 0.272. The SMILES string of the molecule is COc1ccccc1Cc1noc2c(CN3CCCCCC3)c(O)ccc12. The third kappa shape index (κ3) is 3.78. The largest absolute Gasteiger partial charge is 0.507 e. The molecule has 0 saturated carbocycles. The number of methoxy groups -OCH3 is 1. The zero-order valence-electron chi connectivity index (χ0n) is 15.8. The van der Waals surface area contributed by atoms with Gasteiger partial charge in [-0.2, -0.15) is 0 Å². The van der Waals surface area contributed by atoms with Crippen LogP contribution < -0.4 is 4.74 Å². The molecule has 142 valence electrons. The second kappa shape index (κ2) is 8.01.